The topological polar surface area (TPSA) is 6.48 Å². The zero-order chi connectivity index (χ0) is 51.6. The Kier molecular flexibility index (Phi) is 9.45. The second-order valence-corrected chi connectivity index (χ2v) is 24.7. The number of benzene rings is 9. The van der Waals surface area contributed by atoms with Crippen LogP contribution in [0.25, 0.3) is 54.9 Å². The molecule has 0 aliphatic heterocycles. The van der Waals surface area contributed by atoms with E-state index in [0.717, 1.165) is 30.6 Å². The molecule has 76 heavy (non-hydrogen) atoms. The minimum atomic E-state index is -0.171. The first-order valence-electron chi connectivity index (χ1n) is 27.8. The van der Waals surface area contributed by atoms with Crippen molar-refractivity contribution in [2.75, 3.05) is 9.80 Å². The molecule has 0 heterocycles. The molecule has 0 aromatic heterocycles. The van der Waals surface area contributed by atoms with E-state index >= 15 is 0 Å². The van der Waals surface area contributed by atoms with Crippen LogP contribution in [0.15, 0.2) is 211 Å². The number of allylic oxidation sites excluding steroid dienone is 7. The third-order valence-corrected chi connectivity index (χ3v) is 19.4. The van der Waals surface area contributed by atoms with Gasteiger partial charge in [-0.3, -0.25) is 0 Å². The molecular formula is C74H64N2. The fourth-order valence-corrected chi connectivity index (χ4v) is 15.5. The summed E-state index contributed by atoms with van der Waals surface area (Å²) >= 11 is 0. The summed E-state index contributed by atoms with van der Waals surface area (Å²) in [6.45, 7) is 19.4. The van der Waals surface area contributed by atoms with Gasteiger partial charge in [0.2, 0.25) is 0 Å². The van der Waals surface area contributed by atoms with E-state index in [4.69, 9.17) is 0 Å². The lowest BCUT2D eigenvalue weighted by Crippen LogP contribution is -2.26. The summed E-state index contributed by atoms with van der Waals surface area (Å²) in [7, 11) is 0. The SMILES string of the molecule is CC1(C)C2=C(C=CCC2)c2ccc(N(C3=CCC4C(=C3)c3ccccc3C4(C)C)c3c4ccccc4c(N(c4ccc5c(c4)C(C)(C)c4ccccc4-5)c4ccc5c(c4)C(C)(C)c4ccccc4-5)c4ccccc34)cc21. The van der Waals surface area contributed by atoms with Gasteiger partial charge in [-0.25, -0.2) is 0 Å². The Labute approximate surface area is 449 Å². The molecule has 0 radical (unpaired) electrons. The molecule has 9 aromatic carbocycles. The van der Waals surface area contributed by atoms with Crippen molar-refractivity contribution in [3.8, 4) is 22.3 Å². The maximum Gasteiger partial charge on any atom is 0.0619 e. The van der Waals surface area contributed by atoms with Crippen LogP contribution in [0.1, 0.15) is 119 Å². The number of hydrogen-bond acceptors (Lipinski definition) is 2. The van der Waals surface area contributed by atoms with Gasteiger partial charge in [0.25, 0.3) is 0 Å². The van der Waals surface area contributed by atoms with Crippen molar-refractivity contribution in [2.45, 2.75) is 96.3 Å². The summed E-state index contributed by atoms with van der Waals surface area (Å²) < 4.78 is 0. The van der Waals surface area contributed by atoms with Gasteiger partial charge >= 0.3 is 0 Å². The molecule has 0 saturated heterocycles. The summed E-state index contributed by atoms with van der Waals surface area (Å²) in [5, 5.41) is 4.87. The van der Waals surface area contributed by atoms with Gasteiger partial charge in [0.15, 0.2) is 0 Å². The van der Waals surface area contributed by atoms with Gasteiger partial charge in [0.1, 0.15) is 0 Å². The predicted octanol–water partition coefficient (Wildman–Crippen LogP) is 19.9. The van der Waals surface area contributed by atoms with Crippen LogP contribution in [0.4, 0.5) is 28.4 Å². The first-order chi connectivity index (χ1) is 36.7. The second kappa shape index (κ2) is 15.8. The van der Waals surface area contributed by atoms with E-state index in [0.29, 0.717) is 5.92 Å². The van der Waals surface area contributed by atoms with E-state index in [1.807, 2.05) is 0 Å². The van der Waals surface area contributed by atoms with Crippen LogP contribution < -0.4 is 9.80 Å². The molecule has 0 N–H and O–H groups in total. The van der Waals surface area contributed by atoms with Crippen LogP contribution in [0.3, 0.4) is 0 Å². The van der Waals surface area contributed by atoms with E-state index in [2.05, 4.69) is 265 Å². The lowest BCUT2D eigenvalue weighted by molar-refractivity contribution is 0.413. The molecule has 0 bridgehead atoms. The molecule has 0 spiro atoms. The average molecular weight is 981 g/mol. The third-order valence-electron chi connectivity index (χ3n) is 19.4. The van der Waals surface area contributed by atoms with Crippen LogP contribution in [-0.2, 0) is 21.7 Å². The molecule has 370 valence electrons. The highest BCUT2D eigenvalue weighted by Gasteiger charge is 2.45. The smallest absolute Gasteiger partial charge is 0.0619 e. The quantitative estimate of drug-likeness (QED) is 0.121. The van der Waals surface area contributed by atoms with Crippen molar-refractivity contribution >= 4 is 61.1 Å². The molecule has 2 heteroatoms. The zero-order valence-corrected chi connectivity index (χ0v) is 45.1. The summed E-state index contributed by atoms with van der Waals surface area (Å²) in [5.41, 5.74) is 27.7. The van der Waals surface area contributed by atoms with Crippen molar-refractivity contribution < 1.29 is 0 Å². The summed E-state index contributed by atoms with van der Waals surface area (Å²) in [6, 6.07) is 67.8. The number of nitrogens with zero attached hydrogens (tertiary/aromatic N) is 2. The highest BCUT2D eigenvalue weighted by atomic mass is 15.2. The van der Waals surface area contributed by atoms with E-state index in [-0.39, 0.29) is 21.7 Å². The highest BCUT2D eigenvalue weighted by molar-refractivity contribution is 6.23. The Morgan fingerprint density at radius 1 is 0.408 bits per heavy atom. The predicted molar refractivity (Wildman–Crippen MR) is 322 cm³/mol. The molecule has 0 fully saturated rings. The lowest BCUT2D eigenvalue weighted by Gasteiger charge is -2.36. The normalized spacial score (nSPS) is 19.0. The van der Waals surface area contributed by atoms with Gasteiger partial charge in [0, 0.05) is 60.5 Å². The molecule has 2 nitrogen and oxygen atoms in total. The Morgan fingerprint density at radius 3 is 1.39 bits per heavy atom. The maximum absolute atomic E-state index is 2.66. The molecule has 0 amide bonds. The number of fused-ring (bicyclic) bond motifs is 13. The second-order valence-electron chi connectivity index (χ2n) is 24.7. The van der Waals surface area contributed by atoms with Crippen LogP contribution in [0.2, 0.25) is 0 Å². The summed E-state index contributed by atoms with van der Waals surface area (Å²) in [5.74, 6) is 0.400. The first-order valence-corrected chi connectivity index (χ1v) is 27.8. The van der Waals surface area contributed by atoms with Crippen LogP contribution in [0, 0.1) is 5.92 Å². The molecule has 6 aliphatic carbocycles. The molecule has 6 aliphatic rings. The number of rotatable bonds is 6. The zero-order valence-electron chi connectivity index (χ0n) is 45.1. The maximum atomic E-state index is 2.66. The van der Waals surface area contributed by atoms with Crippen molar-refractivity contribution in [2.24, 2.45) is 5.92 Å². The molecule has 0 saturated carbocycles. The van der Waals surface area contributed by atoms with E-state index in [1.165, 1.54) is 122 Å². The van der Waals surface area contributed by atoms with Gasteiger partial charge in [-0.15, -0.1) is 0 Å². The molecule has 9 aromatic rings. The molecule has 1 atom stereocenters. The molecular weight excluding hydrogens is 917 g/mol. The van der Waals surface area contributed by atoms with Gasteiger partial charge in [-0.1, -0.05) is 219 Å². The van der Waals surface area contributed by atoms with Crippen molar-refractivity contribution in [3.05, 3.63) is 256 Å². The Bertz CT molecular complexity index is 4000. The standard InChI is InChI=1S/C74H64N2/c1-71(2)64-32-20-16-24-52(64)60-41-45(36-40-65(60)71)75(46-33-37-53-49-21-13-17-29-61(49)72(3,4)66(53)42-46)69-56-25-9-11-27-58(56)70(59-28-12-10-26-57(59)69)76(47-34-38-54-50-22-14-18-30-62(50)73(5,6)67(54)43-47)48-35-39-55-51-23-15-19-31-63(51)74(7,8)68(55)44-48/h9-16,18-28,30-39,41-44,65H,17,29,40H2,1-8H3. The van der Waals surface area contributed by atoms with Gasteiger partial charge in [-0.2, -0.15) is 0 Å². The van der Waals surface area contributed by atoms with Gasteiger partial charge in [0.05, 0.1) is 11.4 Å². The first kappa shape index (κ1) is 45.5. The summed E-state index contributed by atoms with van der Waals surface area (Å²) in [4.78, 5) is 5.27. The molecule has 15 rings (SSSR count). The minimum Gasteiger partial charge on any atom is -0.310 e. The van der Waals surface area contributed by atoms with Crippen LogP contribution in [0.5, 0.6) is 0 Å². The van der Waals surface area contributed by atoms with Crippen LogP contribution >= 0.6 is 0 Å². The fraction of sp³-hybridized carbons (Fsp3) is 0.216. The minimum absolute atomic E-state index is 0.0285. The van der Waals surface area contributed by atoms with Gasteiger partial charge in [-0.05, 0) is 151 Å². The molecule has 1 unspecified atom stereocenters. The largest absolute Gasteiger partial charge is 0.310 e. The van der Waals surface area contributed by atoms with Gasteiger partial charge < -0.3 is 9.80 Å². The summed E-state index contributed by atoms with van der Waals surface area (Å²) in [6.07, 6.45) is 13.1. The van der Waals surface area contributed by atoms with E-state index in [1.54, 1.807) is 5.57 Å². The van der Waals surface area contributed by atoms with E-state index < -0.39 is 0 Å². The Morgan fingerprint density at radius 2 is 0.842 bits per heavy atom. The number of anilines is 5. The van der Waals surface area contributed by atoms with Crippen molar-refractivity contribution in [1.82, 2.24) is 0 Å². The fourth-order valence-electron chi connectivity index (χ4n) is 15.5. The average Bonchev–Trinajstić information content (AvgIpc) is 4.08. The highest BCUT2D eigenvalue weighted by Crippen LogP contribution is 2.59. The lowest BCUT2D eigenvalue weighted by atomic mass is 9.74. The monoisotopic (exact) mass is 981 g/mol. The Hall–Kier alpha value is -7.94. The third kappa shape index (κ3) is 6.10. The Balaban J connectivity index is 1.00. The number of hydrogen-bond donors (Lipinski definition) is 0. The van der Waals surface area contributed by atoms with Crippen LogP contribution in [-0.4, -0.2) is 0 Å². The van der Waals surface area contributed by atoms with Crippen molar-refractivity contribution in [3.63, 3.8) is 0 Å². The van der Waals surface area contributed by atoms with Crippen molar-refractivity contribution in [1.29, 1.82) is 0 Å². The van der Waals surface area contributed by atoms with E-state index in [9.17, 15) is 0 Å².